The molecule has 3 rings (SSSR count). The Balaban J connectivity index is 1.65. The number of carbonyl (C=O) groups is 2. The third kappa shape index (κ3) is 7.80. The summed E-state index contributed by atoms with van der Waals surface area (Å²) in [4.78, 5) is 33.1. The quantitative estimate of drug-likeness (QED) is 0.0915. The van der Waals surface area contributed by atoms with E-state index in [1.165, 1.54) is 16.6 Å². The van der Waals surface area contributed by atoms with E-state index in [2.05, 4.69) is 44.1 Å². The summed E-state index contributed by atoms with van der Waals surface area (Å²) in [7, 11) is -4.21. The third-order valence-electron chi connectivity index (χ3n) is 6.77. The zero-order valence-corrected chi connectivity index (χ0v) is 25.0. The number of unbranched alkanes of at least 4 members (excludes halogenated alkanes) is 1. The Morgan fingerprint density at radius 1 is 1.15 bits per heavy atom. The van der Waals surface area contributed by atoms with Crippen molar-refractivity contribution in [3.63, 3.8) is 0 Å². The number of halogens is 1. The molecule has 39 heavy (non-hydrogen) atoms. The number of carbonyl (C=O) groups excluding carboxylic acids is 2. The average molecular weight is 674 g/mol. The van der Waals surface area contributed by atoms with Crippen LogP contribution < -0.4 is 19.8 Å². The monoisotopic (exact) mass is 673 g/mol. The number of nitrogens with zero attached hydrogens (tertiary/aromatic N) is 3. The van der Waals surface area contributed by atoms with Gasteiger partial charge >= 0.3 is 0 Å². The predicted molar refractivity (Wildman–Crippen MR) is 157 cm³/mol. The maximum absolute atomic E-state index is 13.5. The van der Waals surface area contributed by atoms with Gasteiger partial charge in [0.2, 0.25) is 10.0 Å². The number of aromatic nitrogens is 1. The van der Waals surface area contributed by atoms with E-state index < -0.39 is 20.7 Å². The fraction of sp³-hybridized carbons (Fsp3) is 0.500. The Labute approximate surface area is 243 Å². The second kappa shape index (κ2) is 14.8. The number of likely N-dealkylation sites (tertiary alicyclic amines) is 1. The van der Waals surface area contributed by atoms with Gasteiger partial charge in [0, 0.05) is 49.0 Å². The van der Waals surface area contributed by atoms with Gasteiger partial charge < -0.3 is 14.5 Å². The van der Waals surface area contributed by atoms with Gasteiger partial charge in [-0.2, -0.15) is 0 Å². The number of rotatable bonds is 14. The number of pyridine rings is 1. The molecule has 3 N–H and O–H groups in total. The lowest BCUT2D eigenvalue weighted by Crippen LogP contribution is -2.61. The van der Waals surface area contributed by atoms with Gasteiger partial charge in [0.25, 0.3) is 11.8 Å². The van der Waals surface area contributed by atoms with Gasteiger partial charge in [0.1, 0.15) is 11.4 Å². The van der Waals surface area contributed by atoms with Crippen LogP contribution >= 0.6 is 22.6 Å². The number of ether oxygens (including phenoxy) is 1. The van der Waals surface area contributed by atoms with Crippen LogP contribution in [-0.4, -0.2) is 83.8 Å². The standard InChI is InChI=1S/C26H36IN5O6S/c1-2-3-20-38-22-9-7-21(8-10-22)31(18-13-27)19-15-29-39(36,37)26(25(34)30-35)11-16-32(17-12-26)24(33)23-6-4-5-14-28-23/h4-10,14,29,35H,2-3,11-13,15-20H2,1H3,(H,30,34). The van der Waals surface area contributed by atoms with Gasteiger partial charge in [-0.3, -0.25) is 19.8 Å². The normalized spacial score (nSPS) is 15.0. The number of alkyl halides is 1. The molecule has 1 aromatic heterocycles. The fourth-order valence-corrected chi connectivity index (χ4v) is 6.68. The third-order valence-corrected chi connectivity index (χ3v) is 9.46. The Morgan fingerprint density at radius 2 is 1.87 bits per heavy atom. The first-order chi connectivity index (χ1) is 18.8. The van der Waals surface area contributed by atoms with Gasteiger partial charge in [-0.15, -0.1) is 0 Å². The second-order valence-corrected chi connectivity index (χ2v) is 12.4. The lowest BCUT2D eigenvalue weighted by atomic mass is 9.94. The molecule has 214 valence electrons. The molecule has 2 aromatic rings. The van der Waals surface area contributed by atoms with Gasteiger partial charge in [-0.1, -0.05) is 42.0 Å². The molecule has 2 amide bonds. The minimum Gasteiger partial charge on any atom is -0.494 e. The number of piperidine rings is 1. The number of hydroxylamine groups is 1. The van der Waals surface area contributed by atoms with E-state index in [0.29, 0.717) is 19.7 Å². The molecule has 0 bridgehead atoms. The van der Waals surface area contributed by atoms with Crippen molar-refractivity contribution in [3.8, 4) is 5.75 Å². The smallest absolute Gasteiger partial charge is 0.272 e. The van der Waals surface area contributed by atoms with Gasteiger partial charge in [-0.05, 0) is 55.7 Å². The Morgan fingerprint density at radius 3 is 2.46 bits per heavy atom. The highest BCUT2D eigenvalue weighted by Crippen LogP contribution is 2.31. The van der Waals surface area contributed by atoms with E-state index in [0.717, 1.165) is 28.7 Å². The molecule has 1 aromatic carbocycles. The molecule has 2 heterocycles. The fourth-order valence-electron chi connectivity index (χ4n) is 4.45. The van der Waals surface area contributed by atoms with Crippen LogP contribution in [0.1, 0.15) is 43.1 Å². The van der Waals surface area contributed by atoms with E-state index >= 15 is 0 Å². The summed E-state index contributed by atoms with van der Waals surface area (Å²) < 4.78 is 34.2. The van der Waals surface area contributed by atoms with E-state index in [1.807, 2.05) is 24.3 Å². The van der Waals surface area contributed by atoms with Crippen molar-refractivity contribution in [2.45, 2.75) is 37.4 Å². The molecule has 0 radical (unpaired) electrons. The van der Waals surface area contributed by atoms with E-state index in [-0.39, 0.29) is 44.1 Å². The maximum Gasteiger partial charge on any atom is 0.272 e. The van der Waals surface area contributed by atoms with Crippen molar-refractivity contribution in [1.29, 1.82) is 0 Å². The lowest BCUT2D eigenvalue weighted by Gasteiger charge is -2.39. The number of amides is 2. The summed E-state index contributed by atoms with van der Waals surface area (Å²) >= 11 is 2.27. The predicted octanol–water partition coefficient (Wildman–Crippen LogP) is 2.60. The minimum absolute atomic E-state index is 0.0252. The van der Waals surface area contributed by atoms with Crippen LogP contribution in [-0.2, 0) is 14.8 Å². The molecule has 1 aliphatic heterocycles. The maximum atomic E-state index is 13.5. The van der Waals surface area contributed by atoms with E-state index in [9.17, 15) is 23.2 Å². The molecular formula is C26H36IN5O6S. The number of hydrogen-bond donors (Lipinski definition) is 3. The first kappa shape index (κ1) is 31.0. The zero-order chi connectivity index (χ0) is 28.3. The molecule has 1 fully saturated rings. The largest absolute Gasteiger partial charge is 0.494 e. The molecule has 0 saturated carbocycles. The minimum atomic E-state index is -4.21. The summed E-state index contributed by atoms with van der Waals surface area (Å²) in [6.45, 7) is 3.95. The Kier molecular flexibility index (Phi) is 11.8. The molecule has 11 nitrogen and oxygen atoms in total. The lowest BCUT2D eigenvalue weighted by molar-refractivity contribution is -0.133. The summed E-state index contributed by atoms with van der Waals surface area (Å²) in [6, 6.07) is 12.7. The van der Waals surface area contributed by atoms with Crippen molar-refractivity contribution in [2.75, 3.05) is 48.7 Å². The zero-order valence-electron chi connectivity index (χ0n) is 22.0. The molecule has 0 spiro atoms. The van der Waals surface area contributed by atoms with Crippen LogP contribution in [0.25, 0.3) is 0 Å². The van der Waals surface area contributed by atoms with Crippen molar-refractivity contribution < 1.29 is 28.0 Å². The summed E-state index contributed by atoms with van der Waals surface area (Å²) in [5, 5.41) is 9.39. The van der Waals surface area contributed by atoms with E-state index in [4.69, 9.17) is 4.74 Å². The molecule has 0 aliphatic carbocycles. The van der Waals surface area contributed by atoms with Crippen LogP contribution in [0.3, 0.4) is 0 Å². The van der Waals surface area contributed by atoms with Crippen LogP contribution in [0, 0.1) is 0 Å². The second-order valence-electron chi connectivity index (χ2n) is 9.21. The SMILES string of the molecule is CCCCOc1ccc(N(CCI)CCNS(=O)(=O)C2(C(=O)NO)CCN(C(=O)c3ccccn3)CC2)cc1. The Bertz CT molecular complexity index is 1180. The van der Waals surface area contributed by atoms with Crippen molar-refractivity contribution in [1.82, 2.24) is 20.1 Å². The molecule has 0 atom stereocenters. The van der Waals surface area contributed by atoms with Crippen molar-refractivity contribution >= 4 is 50.1 Å². The summed E-state index contributed by atoms with van der Waals surface area (Å²) in [6.07, 6.45) is 3.22. The van der Waals surface area contributed by atoms with Gasteiger partial charge in [0.15, 0.2) is 4.75 Å². The van der Waals surface area contributed by atoms with Crippen molar-refractivity contribution in [3.05, 3.63) is 54.4 Å². The number of benzene rings is 1. The van der Waals surface area contributed by atoms with Crippen LogP contribution in [0.4, 0.5) is 5.69 Å². The molecule has 1 saturated heterocycles. The summed E-state index contributed by atoms with van der Waals surface area (Å²) in [5.41, 5.74) is 2.70. The topological polar surface area (TPSA) is 141 Å². The van der Waals surface area contributed by atoms with Crippen LogP contribution in [0.2, 0.25) is 0 Å². The summed E-state index contributed by atoms with van der Waals surface area (Å²) in [5.74, 6) is -0.565. The van der Waals surface area contributed by atoms with Crippen LogP contribution in [0.15, 0.2) is 48.7 Å². The highest BCUT2D eigenvalue weighted by atomic mass is 127. The number of anilines is 1. The first-order valence-electron chi connectivity index (χ1n) is 13.0. The van der Waals surface area contributed by atoms with Crippen molar-refractivity contribution in [2.24, 2.45) is 0 Å². The van der Waals surface area contributed by atoms with E-state index in [1.54, 1.807) is 18.2 Å². The highest BCUT2D eigenvalue weighted by molar-refractivity contribution is 14.1. The first-order valence-corrected chi connectivity index (χ1v) is 16.0. The number of hydrogen-bond acceptors (Lipinski definition) is 8. The van der Waals surface area contributed by atoms with Crippen LogP contribution in [0.5, 0.6) is 5.75 Å². The highest BCUT2D eigenvalue weighted by Gasteiger charge is 2.53. The number of nitrogens with one attached hydrogen (secondary N) is 2. The average Bonchev–Trinajstić information content (AvgIpc) is 2.96. The molecule has 0 unspecified atom stereocenters. The molecule has 1 aliphatic rings. The van der Waals surface area contributed by atoms with Gasteiger partial charge in [0.05, 0.1) is 6.61 Å². The number of sulfonamides is 1. The molecule has 13 heteroatoms. The molecular weight excluding hydrogens is 637 g/mol. The van der Waals surface area contributed by atoms with Gasteiger partial charge in [-0.25, -0.2) is 18.6 Å². The Hall–Kier alpha value is -2.49.